The second kappa shape index (κ2) is 13.4. The van der Waals surface area contributed by atoms with E-state index in [1.54, 1.807) is 6.92 Å². The first-order valence-corrected chi connectivity index (χ1v) is 10.3. The summed E-state index contributed by atoms with van der Waals surface area (Å²) in [6, 6.07) is 9.10. The van der Waals surface area contributed by atoms with Gasteiger partial charge >= 0.3 is 12.1 Å². The molecular formula is C23H19Cl2F3N2O6. The van der Waals surface area contributed by atoms with Crippen molar-refractivity contribution in [2.45, 2.75) is 13.1 Å². The van der Waals surface area contributed by atoms with Crippen molar-refractivity contribution < 1.29 is 42.6 Å². The molecule has 0 saturated heterocycles. The summed E-state index contributed by atoms with van der Waals surface area (Å²) in [4.78, 5) is 35.7. The number of anilines is 1. The van der Waals surface area contributed by atoms with Gasteiger partial charge < -0.3 is 14.6 Å². The van der Waals surface area contributed by atoms with E-state index in [-0.39, 0.29) is 32.6 Å². The predicted octanol–water partition coefficient (Wildman–Crippen LogP) is 5.96. The van der Waals surface area contributed by atoms with Gasteiger partial charge in [0.25, 0.3) is 0 Å². The van der Waals surface area contributed by atoms with Crippen molar-refractivity contribution in [3.8, 4) is 5.75 Å². The van der Waals surface area contributed by atoms with E-state index in [2.05, 4.69) is 4.98 Å². The zero-order chi connectivity index (χ0) is 27.6. The van der Waals surface area contributed by atoms with Crippen molar-refractivity contribution in [1.82, 2.24) is 4.98 Å². The van der Waals surface area contributed by atoms with Crippen molar-refractivity contribution in [2.75, 3.05) is 12.6 Å². The minimum Gasteiger partial charge on any atom is -0.497 e. The van der Waals surface area contributed by atoms with Crippen LogP contribution in [0.4, 0.5) is 18.9 Å². The summed E-state index contributed by atoms with van der Waals surface area (Å²) < 4.78 is 41.4. The number of halogens is 5. The molecule has 8 nitrogen and oxygen atoms in total. The third kappa shape index (κ3) is 7.94. The number of aromatic carboxylic acids is 1. The lowest BCUT2D eigenvalue weighted by molar-refractivity contribution is -0.137. The van der Waals surface area contributed by atoms with Crippen LogP contribution in [-0.2, 0) is 11.0 Å². The number of aromatic nitrogens is 1. The molecule has 3 N–H and O–H groups in total. The Morgan fingerprint density at radius 1 is 1.06 bits per heavy atom. The van der Waals surface area contributed by atoms with Crippen LogP contribution in [0.5, 0.6) is 5.75 Å². The maximum Gasteiger partial charge on any atom is 0.417 e. The zero-order valence-corrected chi connectivity index (χ0v) is 20.2. The number of pyridine rings is 1. The van der Waals surface area contributed by atoms with Crippen molar-refractivity contribution in [1.29, 1.82) is 0 Å². The fraction of sp³-hybridized carbons (Fsp3) is 0.130. The van der Waals surface area contributed by atoms with E-state index in [9.17, 15) is 27.9 Å². The molecule has 0 spiro atoms. The van der Waals surface area contributed by atoms with Crippen LogP contribution >= 0.6 is 23.2 Å². The Bertz CT molecular complexity index is 1240. The number of methoxy groups -OCH3 is 1. The summed E-state index contributed by atoms with van der Waals surface area (Å²) in [5.74, 6) is -1.64. The van der Waals surface area contributed by atoms with Gasteiger partial charge in [0, 0.05) is 11.8 Å². The molecule has 0 aliphatic rings. The van der Waals surface area contributed by atoms with Crippen LogP contribution in [0.3, 0.4) is 0 Å². The number of alkyl halides is 3. The Labute approximate surface area is 213 Å². The van der Waals surface area contributed by atoms with E-state index >= 15 is 0 Å². The summed E-state index contributed by atoms with van der Waals surface area (Å²) >= 11 is 11.1. The monoisotopic (exact) mass is 546 g/mol. The van der Waals surface area contributed by atoms with Crippen LogP contribution in [0.2, 0.25) is 10.0 Å². The standard InChI is InChI=1S/C14H11ClN2O5.C8H6ClF3.CH2O/c1-22-8-2-3-9(14(19)20)10(5-8)13(18)12-11(17-21)4-7(15)6-16-12;1-5-2-3-7(9)6(4-5)8(10,11)12;1-2/h2-6,17,21H,1H3,(H,19,20);2-4H,1H3;1H2. The maximum atomic E-state index is 12.6. The fourth-order valence-corrected chi connectivity index (χ4v) is 3.10. The van der Waals surface area contributed by atoms with Crippen molar-refractivity contribution in [2.24, 2.45) is 0 Å². The second-order valence-corrected chi connectivity index (χ2v) is 7.53. The van der Waals surface area contributed by atoms with E-state index < -0.39 is 23.5 Å². The third-order valence-corrected chi connectivity index (χ3v) is 4.86. The lowest BCUT2D eigenvalue weighted by Crippen LogP contribution is -2.13. The minimum atomic E-state index is -4.36. The van der Waals surface area contributed by atoms with Gasteiger partial charge in [-0.3, -0.25) is 15.5 Å². The number of rotatable bonds is 5. The highest BCUT2D eigenvalue weighted by Gasteiger charge is 2.32. The molecule has 0 bridgehead atoms. The first kappa shape index (κ1) is 30.4. The molecule has 0 fully saturated rings. The quantitative estimate of drug-likeness (QED) is 0.264. The number of nitrogens with one attached hydrogen (secondary N) is 1. The van der Waals surface area contributed by atoms with Crippen LogP contribution in [0.25, 0.3) is 0 Å². The average Bonchev–Trinajstić information content (AvgIpc) is 2.85. The van der Waals surface area contributed by atoms with Gasteiger partial charge in [0.2, 0.25) is 5.78 Å². The molecular weight excluding hydrogens is 528 g/mol. The molecule has 0 saturated carbocycles. The van der Waals surface area contributed by atoms with Gasteiger partial charge in [-0.15, -0.1) is 0 Å². The van der Waals surface area contributed by atoms with E-state index in [0.29, 0.717) is 11.3 Å². The van der Waals surface area contributed by atoms with Gasteiger partial charge in [-0.1, -0.05) is 34.8 Å². The molecule has 0 radical (unpaired) electrons. The molecule has 0 aliphatic carbocycles. The Hall–Kier alpha value is -3.67. The summed E-state index contributed by atoms with van der Waals surface area (Å²) in [6.07, 6.45) is -3.14. The van der Waals surface area contributed by atoms with Crippen LogP contribution < -0.4 is 10.2 Å². The molecule has 0 atom stereocenters. The SMILES string of the molecule is C=O.COc1ccc(C(=O)O)c(C(=O)c2ncc(Cl)cc2NO)c1.Cc1ccc(Cl)c(C(F)(F)F)c1. The summed E-state index contributed by atoms with van der Waals surface area (Å²) in [5.41, 5.74) is 1.08. The van der Waals surface area contributed by atoms with Gasteiger partial charge in [0.1, 0.15) is 18.2 Å². The molecule has 2 aromatic carbocycles. The Morgan fingerprint density at radius 3 is 2.19 bits per heavy atom. The molecule has 1 aromatic heterocycles. The Kier molecular flexibility index (Phi) is 11.3. The van der Waals surface area contributed by atoms with Crippen molar-refractivity contribution in [3.05, 3.63) is 86.7 Å². The van der Waals surface area contributed by atoms with E-state index in [1.807, 2.05) is 12.3 Å². The number of ether oxygens (including phenoxy) is 1. The lowest BCUT2D eigenvalue weighted by Gasteiger charge is -2.10. The normalized spacial score (nSPS) is 10.2. The van der Waals surface area contributed by atoms with Crippen LogP contribution in [0.1, 0.15) is 37.5 Å². The van der Waals surface area contributed by atoms with Crippen molar-refractivity contribution >= 4 is 47.4 Å². The van der Waals surface area contributed by atoms with Gasteiger partial charge in [-0.05, 0) is 43.3 Å². The number of carboxylic acids is 1. The molecule has 13 heteroatoms. The summed E-state index contributed by atoms with van der Waals surface area (Å²) in [5, 5.41) is 18.2. The molecule has 0 aliphatic heterocycles. The fourth-order valence-electron chi connectivity index (χ4n) is 2.71. The zero-order valence-electron chi connectivity index (χ0n) is 18.7. The molecule has 0 amide bonds. The summed E-state index contributed by atoms with van der Waals surface area (Å²) in [6.45, 7) is 3.59. The molecule has 3 aromatic rings. The van der Waals surface area contributed by atoms with E-state index in [0.717, 1.165) is 6.07 Å². The number of carbonyl (C=O) groups is 3. The number of hydrogen-bond donors (Lipinski definition) is 3. The van der Waals surface area contributed by atoms with E-state index in [4.69, 9.17) is 37.9 Å². The van der Waals surface area contributed by atoms with Gasteiger partial charge in [0.05, 0.1) is 34.0 Å². The number of nitrogens with zero attached hydrogens (tertiary/aromatic N) is 1. The molecule has 36 heavy (non-hydrogen) atoms. The number of carbonyl (C=O) groups excluding carboxylic acids is 2. The average molecular weight is 547 g/mol. The highest BCUT2D eigenvalue weighted by molar-refractivity contribution is 6.31. The first-order chi connectivity index (χ1) is 16.9. The lowest BCUT2D eigenvalue weighted by atomic mass is 10.00. The highest BCUT2D eigenvalue weighted by atomic mass is 35.5. The molecule has 1 heterocycles. The third-order valence-electron chi connectivity index (χ3n) is 4.32. The Morgan fingerprint density at radius 2 is 1.69 bits per heavy atom. The number of carboxylic acid groups (broad SMARTS) is 1. The predicted molar refractivity (Wildman–Crippen MR) is 126 cm³/mol. The van der Waals surface area contributed by atoms with E-state index in [1.165, 1.54) is 49.7 Å². The minimum absolute atomic E-state index is 0.0309. The number of ketones is 1. The summed E-state index contributed by atoms with van der Waals surface area (Å²) in [7, 11) is 1.39. The molecule has 0 unspecified atom stereocenters. The first-order valence-electron chi connectivity index (χ1n) is 9.53. The largest absolute Gasteiger partial charge is 0.497 e. The van der Waals surface area contributed by atoms with Gasteiger partial charge in [-0.2, -0.15) is 13.2 Å². The number of aryl methyl sites for hydroxylation is 1. The topological polar surface area (TPSA) is 126 Å². The van der Waals surface area contributed by atoms with Crippen LogP contribution in [0.15, 0.2) is 48.7 Å². The van der Waals surface area contributed by atoms with Crippen LogP contribution in [0, 0.1) is 6.92 Å². The smallest absolute Gasteiger partial charge is 0.417 e. The molecule has 192 valence electrons. The second-order valence-electron chi connectivity index (χ2n) is 6.69. The number of benzene rings is 2. The molecule has 3 rings (SSSR count). The van der Waals surface area contributed by atoms with Gasteiger partial charge in [-0.25, -0.2) is 9.78 Å². The van der Waals surface area contributed by atoms with Crippen molar-refractivity contribution in [3.63, 3.8) is 0 Å². The number of hydrogen-bond acceptors (Lipinski definition) is 7. The maximum absolute atomic E-state index is 12.6. The van der Waals surface area contributed by atoms with Crippen LogP contribution in [-0.4, -0.2) is 40.9 Å². The highest BCUT2D eigenvalue weighted by Crippen LogP contribution is 2.34. The van der Waals surface area contributed by atoms with Gasteiger partial charge in [0.15, 0.2) is 0 Å². The Balaban J connectivity index is 0.000000391.